The first-order valence-electron chi connectivity index (χ1n) is 6.59. The lowest BCUT2D eigenvalue weighted by Crippen LogP contribution is -2.43. The number of carbonyl (C=O) groups excluding carboxylic acids is 1. The Balaban J connectivity index is 1.77. The van der Waals surface area contributed by atoms with Crippen LogP contribution in [0.1, 0.15) is 22.5 Å². The molecular formula is C14H17N3O2S. The molecule has 106 valence electrons. The number of aromatic nitrogens is 2. The molecule has 1 unspecified atom stereocenters. The lowest BCUT2D eigenvalue weighted by atomic mass is 10.0. The molecule has 2 N–H and O–H groups in total. The minimum atomic E-state index is -0.767. The number of aliphatic hydroxyl groups is 1. The molecule has 1 aliphatic rings. The van der Waals surface area contributed by atoms with Gasteiger partial charge in [0, 0.05) is 18.5 Å². The summed E-state index contributed by atoms with van der Waals surface area (Å²) in [6.07, 6.45) is 4.18. The van der Waals surface area contributed by atoms with Crippen LogP contribution in [0.2, 0.25) is 0 Å². The van der Waals surface area contributed by atoms with E-state index in [2.05, 4.69) is 10.3 Å². The van der Waals surface area contributed by atoms with Gasteiger partial charge in [-0.15, -0.1) is 0 Å². The standard InChI is InChI=1S/C14H17N3O2S/c1-10-2-3-12-15-6-11(17(12)7-10)13(18)16-8-14(19)4-5-20-9-14/h2-3,6-7,19H,4-5,8-9H2,1H3,(H,16,18). The highest BCUT2D eigenvalue weighted by Gasteiger charge is 2.32. The molecule has 0 bridgehead atoms. The smallest absolute Gasteiger partial charge is 0.270 e. The second-order valence-electron chi connectivity index (χ2n) is 5.29. The van der Waals surface area contributed by atoms with Crippen LogP contribution in [0.3, 0.4) is 0 Å². The lowest BCUT2D eigenvalue weighted by Gasteiger charge is -2.21. The fraction of sp³-hybridized carbons (Fsp3) is 0.429. The van der Waals surface area contributed by atoms with Crippen molar-refractivity contribution < 1.29 is 9.90 Å². The normalized spacial score (nSPS) is 22.3. The van der Waals surface area contributed by atoms with Crippen molar-refractivity contribution >= 4 is 23.3 Å². The number of aryl methyl sites for hydroxylation is 1. The minimum absolute atomic E-state index is 0.201. The maximum Gasteiger partial charge on any atom is 0.270 e. The Kier molecular flexibility index (Phi) is 3.43. The van der Waals surface area contributed by atoms with E-state index in [0.29, 0.717) is 11.4 Å². The third-order valence-electron chi connectivity index (χ3n) is 3.55. The molecule has 0 aliphatic carbocycles. The van der Waals surface area contributed by atoms with Crippen molar-refractivity contribution in [2.45, 2.75) is 18.9 Å². The van der Waals surface area contributed by atoms with E-state index >= 15 is 0 Å². The van der Waals surface area contributed by atoms with Gasteiger partial charge in [-0.25, -0.2) is 4.98 Å². The Morgan fingerprint density at radius 1 is 1.60 bits per heavy atom. The van der Waals surface area contributed by atoms with Crippen LogP contribution >= 0.6 is 11.8 Å². The molecular weight excluding hydrogens is 274 g/mol. The number of hydrogen-bond donors (Lipinski definition) is 2. The van der Waals surface area contributed by atoms with Crippen LogP contribution in [0.25, 0.3) is 5.65 Å². The Morgan fingerprint density at radius 2 is 2.45 bits per heavy atom. The number of pyridine rings is 1. The van der Waals surface area contributed by atoms with E-state index in [1.165, 1.54) is 0 Å². The van der Waals surface area contributed by atoms with E-state index in [4.69, 9.17) is 0 Å². The van der Waals surface area contributed by atoms with Gasteiger partial charge in [-0.05, 0) is 30.7 Å². The lowest BCUT2D eigenvalue weighted by molar-refractivity contribution is 0.0610. The highest BCUT2D eigenvalue weighted by atomic mass is 32.2. The van der Waals surface area contributed by atoms with Crippen molar-refractivity contribution in [1.82, 2.24) is 14.7 Å². The Labute approximate surface area is 121 Å². The van der Waals surface area contributed by atoms with E-state index in [1.807, 2.05) is 25.3 Å². The van der Waals surface area contributed by atoms with Crippen LogP contribution in [0, 0.1) is 6.92 Å². The SMILES string of the molecule is Cc1ccc2ncc(C(=O)NCC3(O)CCSC3)n2c1. The van der Waals surface area contributed by atoms with Crippen LogP contribution < -0.4 is 5.32 Å². The molecule has 3 heterocycles. The van der Waals surface area contributed by atoms with Gasteiger partial charge in [0.25, 0.3) is 5.91 Å². The monoisotopic (exact) mass is 291 g/mol. The number of imidazole rings is 1. The number of carbonyl (C=O) groups is 1. The summed E-state index contributed by atoms with van der Waals surface area (Å²) in [7, 11) is 0. The van der Waals surface area contributed by atoms with Gasteiger partial charge in [-0.2, -0.15) is 11.8 Å². The number of amides is 1. The Morgan fingerprint density at radius 3 is 3.20 bits per heavy atom. The van der Waals surface area contributed by atoms with Gasteiger partial charge in [0.1, 0.15) is 11.3 Å². The third-order valence-corrected chi connectivity index (χ3v) is 4.78. The van der Waals surface area contributed by atoms with Crippen molar-refractivity contribution in [2.75, 3.05) is 18.1 Å². The molecule has 1 aliphatic heterocycles. The van der Waals surface area contributed by atoms with Gasteiger partial charge < -0.3 is 10.4 Å². The van der Waals surface area contributed by atoms with Gasteiger partial charge in [0.2, 0.25) is 0 Å². The molecule has 0 radical (unpaired) electrons. The maximum atomic E-state index is 12.2. The number of thioether (sulfide) groups is 1. The molecule has 1 atom stereocenters. The first-order chi connectivity index (χ1) is 9.57. The molecule has 20 heavy (non-hydrogen) atoms. The summed E-state index contributed by atoms with van der Waals surface area (Å²) in [4.78, 5) is 16.5. The molecule has 1 amide bonds. The average molecular weight is 291 g/mol. The molecule has 3 rings (SSSR count). The fourth-order valence-corrected chi connectivity index (χ4v) is 3.62. The predicted octanol–water partition coefficient (Wildman–Crippen LogP) is 1.24. The maximum absolute atomic E-state index is 12.2. The quantitative estimate of drug-likeness (QED) is 0.893. The van der Waals surface area contributed by atoms with Gasteiger partial charge >= 0.3 is 0 Å². The predicted molar refractivity (Wildman–Crippen MR) is 79.2 cm³/mol. The fourth-order valence-electron chi connectivity index (χ4n) is 2.33. The molecule has 0 spiro atoms. The average Bonchev–Trinajstić information content (AvgIpc) is 3.03. The number of fused-ring (bicyclic) bond motifs is 1. The van der Waals surface area contributed by atoms with Crippen molar-refractivity contribution in [3.8, 4) is 0 Å². The number of nitrogens with one attached hydrogen (secondary N) is 1. The largest absolute Gasteiger partial charge is 0.387 e. The van der Waals surface area contributed by atoms with Crippen LogP contribution in [0.15, 0.2) is 24.5 Å². The summed E-state index contributed by atoms with van der Waals surface area (Å²) in [5.74, 6) is 1.43. The zero-order valence-electron chi connectivity index (χ0n) is 11.3. The highest BCUT2D eigenvalue weighted by molar-refractivity contribution is 7.99. The second kappa shape index (κ2) is 5.10. The molecule has 6 heteroatoms. The third kappa shape index (κ3) is 2.53. The summed E-state index contributed by atoms with van der Waals surface area (Å²) in [5.41, 5.74) is 1.54. The van der Waals surface area contributed by atoms with Gasteiger partial charge in [0.05, 0.1) is 11.8 Å². The van der Waals surface area contributed by atoms with Crippen LogP contribution in [0.5, 0.6) is 0 Å². The van der Waals surface area contributed by atoms with Crippen molar-refractivity contribution in [2.24, 2.45) is 0 Å². The van der Waals surface area contributed by atoms with Crippen LogP contribution in [-0.4, -0.2) is 44.0 Å². The zero-order chi connectivity index (χ0) is 14.2. The van der Waals surface area contributed by atoms with E-state index in [9.17, 15) is 9.90 Å². The zero-order valence-corrected chi connectivity index (χ0v) is 12.1. The second-order valence-corrected chi connectivity index (χ2v) is 6.39. The van der Waals surface area contributed by atoms with Gasteiger partial charge in [-0.3, -0.25) is 9.20 Å². The van der Waals surface area contributed by atoms with Gasteiger partial charge in [-0.1, -0.05) is 6.07 Å². The highest BCUT2D eigenvalue weighted by Crippen LogP contribution is 2.27. The van der Waals surface area contributed by atoms with E-state index in [0.717, 1.165) is 23.4 Å². The molecule has 5 nitrogen and oxygen atoms in total. The Bertz CT molecular complexity index is 647. The number of nitrogens with zero attached hydrogens (tertiary/aromatic N) is 2. The van der Waals surface area contributed by atoms with E-state index in [1.54, 1.807) is 22.4 Å². The van der Waals surface area contributed by atoms with Crippen molar-refractivity contribution in [3.05, 3.63) is 35.8 Å². The molecule has 2 aromatic heterocycles. The molecule has 0 aromatic carbocycles. The Hall–Kier alpha value is -1.53. The van der Waals surface area contributed by atoms with E-state index in [-0.39, 0.29) is 12.5 Å². The summed E-state index contributed by atoms with van der Waals surface area (Å²) in [5, 5.41) is 13.1. The van der Waals surface area contributed by atoms with Gasteiger partial charge in [0.15, 0.2) is 0 Å². The minimum Gasteiger partial charge on any atom is -0.387 e. The molecule has 1 saturated heterocycles. The number of hydrogen-bond acceptors (Lipinski definition) is 4. The first-order valence-corrected chi connectivity index (χ1v) is 7.75. The van der Waals surface area contributed by atoms with Crippen molar-refractivity contribution in [1.29, 1.82) is 0 Å². The summed E-state index contributed by atoms with van der Waals surface area (Å²) in [6, 6.07) is 3.84. The van der Waals surface area contributed by atoms with Crippen LogP contribution in [-0.2, 0) is 0 Å². The first kappa shape index (κ1) is 13.5. The number of rotatable bonds is 3. The molecule has 1 fully saturated rings. The molecule has 0 saturated carbocycles. The van der Waals surface area contributed by atoms with E-state index < -0.39 is 5.60 Å². The summed E-state index contributed by atoms with van der Waals surface area (Å²) in [6.45, 7) is 2.26. The van der Waals surface area contributed by atoms with Crippen LogP contribution in [0.4, 0.5) is 0 Å². The summed E-state index contributed by atoms with van der Waals surface area (Å²) < 4.78 is 1.78. The summed E-state index contributed by atoms with van der Waals surface area (Å²) >= 11 is 1.72. The van der Waals surface area contributed by atoms with Crippen molar-refractivity contribution in [3.63, 3.8) is 0 Å². The molecule has 2 aromatic rings. The topological polar surface area (TPSA) is 66.6 Å².